The fraction of sp³-hybridized carbons (Fsp3) is 0.438. The Balaban J connectivity index is 2.04. The molecule has 1 fully saturated rings. The number of sulfonamides is 1. The second-order valence-electron chi connectivity index (χ2n) is 5.81. The van der Waals surface area contributed by atoms with Crippen LogP contribution in [0.5, 0.6) is 0 Å². The third-order valence-electron chi connectivity index (χ3n) is 3.71. The normalized spacial score (nSPS) is 23.1. The predicted molar refractivity (Wildman–Crippen MR) is 91.1 cm³/mol. The van der Waals surface area contributed by atoms with Crippen LogP contribution in [0.2, 0.25) is 0 Å². The lowest BCUT2D eigenvalue weighted by Crippen LogP contribution is -2.48. The highest BCUT2D eigenvalue weighted by Crippen LogP contribution is 2.35. The van der Waals surface area contributed by atoms with Crippen molar-refractivity contribution in [1.29, 1.82) is 0 Å². The van der Waals surface area contributed by atoms with Crippen molar-refractivity contribution in [3.05, 3.63) is 35.3 Å². The fourth-order valence-corrected chi connectivity index (χ4v) is 5.78. The number of rotatable bonds is 3. The quantitative estimate of drug-likeness (QED) is 0.852. The van der Waals surface area contributed by atoms with E-state index in [-0.39, 0.29) is 17.2 Å². The molecule has 0 saturated carbocycles. The molecule has 1 aromatic carbocycles. The van der Waals surface area contributed by atoms with Gasteiger partial charge in [0.1, 0.15) is 0 Å². The van der Waals surface area contributed by atoms with Crippen LogP contribution < -0.4 is 0 Å². The van der Waals surface area contributed by atoms with Crippen molar-refractivity contribution in [2.24, 2.45) is 0 Å². The first kappa shape index (κ1) is 16.6. The standard InChI is InChI=1S/C16H20N2O3S2/c1-11-9-18(10-12(2)21-11)23(19,20)16-15(22-13(3)17-16)14-7-5-4-6-8-14/h4-8,11-12H,9-10H2,1-3H3/t11-,12-/m0/s1. The number of nitrogens with zero attached hydrogens (tertiary/aromatic N) is 2. The minimum Gasteiger partial charge on any atom is -0.373 e. The third kappa shape index (κ3) is 3.33. The van der Waals surface area contributed by atoms with E-state index < -0.39 is 10.0 Å². The monoisotopic (exact) mass is 352 g/mol. The Labute approximate surface area is 141 Å². The topological polar surface area (TPSA) is 59.5 Å². The molecule has 1 saturated heterocycles. The lowest BCUT2D eigenvalue weighted by Gasteiger charge is -2.34. The number of thiazole rings is 1. The second kappa shape index (κ2) is 6.32. The molecule has 0 bridgehead atoms. The van der Waals surface area contributed by atoms with Crippen molar-refractivity contribution in [2.45, 2.75) is 38.0 Å². The van der Waals surface area contributed by atoms with Gasteiger partial charge in [-0.3, -0.25) is 0 Å². The molecular formula is C16H20N2O3S2. The number of hydrogen-bond donors (Lipinski definition) is 0. The van der Waals surface area contributed by atoms with Crippen LogP contribution in [-0.4, -0.2) is 43.0 Å². The number of aryl methyl sites for hydroxylation is 1. The van der Waals surface area contributed by atoms with Crippen molar-refractivity contribution in [3.63, 3.8) is 0 Å². The maximum Gasteiger partial charge on any atom is 0.262 e. The Kier molecular flexibility index (Phi) is 4.55. The van der Waals surface area contributed by atoms with E-state index in [1.807, 2.05) is 51.1 Å². The van der Waals surface area contributed by atoms with Gasteiger partial charge in [-0.1, -0.05) is 30.3 Å². The average molecular weight is 352 g/mol. The highest BCUT2D eigenvalue weighted by molar-refractivity contribution is 7.89. The highest BCUT2D eigenvalue weighted by atomic mass is 32.2. The number of ether oxygens (including phenoxy) is 1. The molecule has 5 nitrogen and oxygen atoms in total. The SMILES string of the molecule is Cc1nc(S(=O)(=O)N2C[C@H](C)O[C@@H](C)C2)c(-c2ccccc2)s1. The van der Waals surface area contributed by atoms with Crippen LogP contribution in [-0.2, 0) is 14.8 Å². The molecule has 7 heteroatoms. The molecule has 1 aromatic heterocycles. The first-order chi connectivity index (χ1) is 10.9. The minimum atomic E-state index is -3.63. The van der Waals surface area contributed by atoms with Crippen LogP contribution in [0.3, 0.4) is 0 Å². The van der Waals surface area contributed by atoms with Gasteiger partial charge in [-0.15, -0.1) is 11.3 Å². The lowest BCUT2D eigenvalue weighted by molar-refractivity contribution is -0.0441. The zero-order chi connectivity index (χ0) is 16.6. The van der Waals surface area contributed by atoms with E-state index in [9.17, 15) is 8.42 Å². The zero-order valence-electron chi connectivity index (χ0n) is 13.4. The molecular weight excluding hydrogens is 332 g/mol. The molecule has 0 spiro atoms. The summed E-state index contributed by atoms with van der Waals surface area (Å²) in [6.07, 6.45) is -0.234. The van der Waals surface area contributed by atoms with E-state index in [2.05, 4.69) is 4.98 Å². The summed E-state index contributed by atoms with van der Waals surface area (Å²) < 4.78 is 33.3. The van der Waals surface area contributed by atoms with Crippen molar-refractivity contribution in [1.82, 2.24) is 9.29 Å². The van der Waals surface area contributed by atoms with Crippen LogP contribution in [0.15, 0.2) is 35.4 Å². The number of morpholine rings is 1. The molecule has 0 unspecified atom stereocenters. The Morgan fingerprint density at radius 2 is 1.78 bits per heavy atom. The van der Waals surface area contributed by atoms with Gasteiger partial charge in [0.25, 0.3) is 10.0 Å². The van der Waals surface area contributed by atoms with Crippen LogP contribution in [0.4, 0.5) is 0 Å². The van der Waals surface area contributed by atoms with Gasteiger partial charge >= 0.3 is 0 Å². The molecule has 0 radical (unpaired) electrons. The van der Waals surface area contributed by atoms with Crippen molar-refractivity contribution >= 4 is 21.4 Å². The number of hydrogen-bond acceptors (Lipinski definition) is 5. The summed E-state index contributed by atoms with van der Waals surface area (Å²) in [6, 6.07) is 9.54. The second-order valence-corrected chi connectivity index (χ2v) is 8.87. The summed E-state index contributed by atoms with van der Waals surface area (Å²) in [5.74, 6) is 0. The van der Waals surface area contributed by atoms with E-state index >= 15 is 0 Å². The van der Waals surface area contributed by atoms with Gasteiger partial charge < -0.3 is 4.74 Å². The van der Waals surface area contributed by atoms with E-state index in [1.54, 1.807) is 0 Å². The highest BCUT2D eigenvalue weighted by Gasteiger charge is 2.35. The number of aromatic nitrogens is 1. The molecule has 2 atom stereocenters. The van der Waals surface area contributed by atoms with Gasteiger partial charge in [-0.25, -0.2) is 13.4 Å². The van der Waals surface area contributed by atoms with Gasteiger partial charge in [-0.05, 0) is 26.3 Å². The first-order valence-corrected chi connectivity index (χ1v) is 9.82. The van der Waals surface area contributed by atoms with Crippen LogP contribution in [0, 0.1) is 6.92 Å². The van der Waals surface area contributed by atoms with Crippen LogP contribution >= 0.6 is 11.3 Å². The average Bonchev–Trinajstić information content (AvgIpc) is 2.90. The first-order valence-electron chi connectivity index (χ1n) is 7.56. The van der Waals surface area contributed by atoms with E-state index in [0.717, 1.165) is 10.6 Å². The van der Waals surface area contributed by atoms with Crippen LogP contribution in [0.25, 0.3) is 10.4 Å². The summed E-state index contributed by atoms with van der Waals surface area (Å²) in [7, 11) is -3.63. The molecule has 3 rings (SSSR count). The van der Waals surface area contributed by atoms with Gasteiger partial charge in [0.15, 0.2) is 5.03 Å². The lowest BCUT2D eigenvalue weighted by atomic mass is 10.2. The van der Waals surface area contributed by atoms with Gasteiger partial charge in [0, 0.05) is 13.1 Å². The molecule has 23 heavy (non-hydrogen) atoms. The molecule has 0 N–H and O–H groups in total. The fourth-order valence-electron chi connectivity index (χ4n) is 2.80. The smallest absolute Gasteiger partial charge is 0.262 e. The largest absolute Gasteiger partial charge is 0.373 e. The van der Waals surface area contributed by atoms with Gasteiger partial charge in [-0.2, -0.15) is 4.31 Å². The Bertz CT molecular complexity index is 777. The Morgan fingerprint density at radius 1 is 1.17 bits per heavy atom. The van der Waals surface area contributed by atoms with Crippen molar-refractivity contribution in [2.75, 3.05) is 13.1 Å². The zero-order valence-corrected chi connectivity index (χ0v) is 15.0. The van der Waals surface area contributed by atoms with Gasteiger partial charge in [0.05, 0.1) is 22.1 Å². The van der Waals surface area contributed by atoms with Crippen molar-refractivity contribution in [3.8, 4) is 10.4 Å². The maximum absolute atomic E-state index is 13.1. The molecule has 2 aromatic rings. The Morgan fingerprint density at radius 3 is 2.39 bits per heavy atom. The van der Waals surface area contributed by atoms with E-state index in [1.165, 1.54) is 15.6 Å². The summed E-state index contributed by atoms with van der Waals surface area (Å²) in [4.78, 5) is 5.04. The van der Waals surface area contributed by atoms with Gasteiger partial charge in [0.2, 0.25) is 0 Å². The van der Waals surface area contributed by atoms with E-state index in [0.29, 0.717) is 18.0 Å². The predicted octanol–water partition coefficient (Wildman–Crippen LogP) is 2.92. The van der Waals surface area contributed by atoms with E-state index in [4.69, 9.17) is 4.74 Å². The Hall–Kier alpha value is -1.28. The van der Waals surface area contributed by atoms with Crippen LogP contribution in [0.1, 0.15) is 18.9 Å². The molecule has 124 valence electrons. The minimum absolute atomic E-state index is 0.117. The summed E-state index contributed by atoms with van der Waals surface area (Å²) in [6.45, 7) is 6.33. The molecule has 1 aliphatic heterocycles. The summed E-state index contributed by atoms with van der Waals surface area (Å²) in [5, 5.41) is 0.907. The number of benzene rings is 1. The summed E-state index contributed by atoms with van der Waals surface area (Å²) in [5.41, 5.74) is 0.881. The summed E-state index contributed by atoms with van der Waals surface area (Å²) >= 11 is 1.41. The molecule has 2 heterocycles. The van der Waals surface area contributed by atoms with Crippen molar-refractivity contribution < 1.29 is 13.2 Å². The third-order valence-corrected chi connectivity index (χ3v) is 6.62. The molecule has 0 amide bonds. The maximum atomic E-state index is 13.1. The molecule has 0 aliphatic carbocycles. The molecule has 1 aliphatic rings.